The molecule has 1 amide bonds. The summed E-state index contributed by atoms with van der Waals surface area (Å²) in [7, 11) is 0. The Morgan fingerprint density at radius 3 is 2.68 bits per heavy atom. The molecule has 0 spiro atoms. The molecule has 0 aliphatic carbocycles. The minimum absolute atomic E-state index is 0.0134. The summed E-state index contributed by atoms with van der Waals surface area (Å²) >= 11 is 1.37. The van der Waals surface area contributed by atoms with Crippen molar-refractivity contribution in [1.82, 2.24) is 4.90 Å². The Balaban J connectivity index is 1.80. The van der Waals surface area contributed by atoms with Gasteiger partial charge in [-0.25, -0.2) is 4.79 Å². The lowest BCUT2D eigenvalue weighted by Gasteiger charge is -2.33. The summed E-state index contributed by atoms with van der Waals surface area (Å²) in [5.41, 5.74) is 1.67. The maximum absolute atomic E-state index is 12.8. The van der Waals surface area contributed by atoms with Gasteiger partial charge in [0.25, 0.3) is 5.69 Å². The summed E-state index contributed by atoms with van der Waals surface area (Å²) in [4.78, 5) is 39.5. The van der Waals surface area contributed by atoms with Crippen molar-refractivity contribution < 1.29 is 19.2 Å². The number of benzene rings is 2. The van der Waals surface area contributed by atoms with Gasteiger partial charge in [0.1, 0.15) is 6.04 Å². The lowest BCUT2D eigenvalue weighted by molar-refractivity contribution is -0.387. The molecule has 1 atom stereocenters. The van der Waals surface area contributed by atoms with Gasteiger partial charge in [-0.2, -0.15) is 0 Å². The molecule has 2 aromatic carbocycles. The molecule has 3 rings (SSSR count). The number of hydrogen-bond donors (Lipinski definition) is 0. The molecule has 7 nitrogen and oxygen atoms in total. The van der Waals surface area contributed by atoms with Gasteiger partial charge >= 0.3 is 5.97 Å². The van der Waals surface area contributed by atoms with E-state index < -0.39 is 11.0 Å². The lowest BCUT2D eigenvalue weighted by atomic mass is 10.0. The quantitative estimate of drug-likeness (QED) is 0.204. The lowest BCUT2D eigenvalue weighted by Crippen LogP contribution is -2.48. The van der Waals surface area contributed by atoms with Crippen LogP contribution in [0.4, 0.5) is 5.69 Å². The third-order valence-corrected chi connectivity index (χ3v) is 6.86. The van der Waals surface area contributed by atoms with Crippen LogP contribution in [-0.4, -0.2) is 40.9 Å². The molecule has 2 aromatic rings. The zero-order valence-corrected chi connectivity index (χ0v) is 20.5. The molecule has 1 saturated heterocycles. The molecular weight excluding hydrogens is 452 g/mol. The number of amides is 1. The number of ether oxygens (including phenoxy) is 1. The third-order valence-electron chi connectivity index (χ3n) is 5.70. The molecule has 0 radical (unpaired) electrons. The summed E-state index contributed by atoms with van der Waals surface area (Å²) in [6, 6.07) is 12.3. The molecular formula is C26H30N2O5S. The average molecular weight is 483 g/mol. The standard InChI is InChI=1S/C26H30N2O5S/c1-4-33-26(30)21-10-7-8-16-27(21)25(29)15-13-19-12-14-24(22(17-19)28(31)32)34-23-11-6-5-9-20(23)18(2)3/h5-6,9,11-15,17-18,21H,4,7-8,10,16H2,1-3H3. The van der Waals surface area contributed by atoms with Gasteiger partial charge in [0.2, 0.25) is 5.91 Å². The number of nitrogens with zero attached hydrogens (tertiary/aromatic N) is 2. The van der Waals surface area contributed by atoms with E-state index in [0.717, 1.165) is 23.3 Å². The van der Waals surface area contributed by atoms with Crippen LogP contribution in [0.25, 0.3) is 6.08 Å². The van der Waals surface area contributed by atoms with Crippen LogP contribution in [0.5, 0.6) is 0 Å². The molecule has 0 aromatic heterocycles. The zero-order valence-electron chi connectivity index (χ0n) is 19.7. The van der Waals surface area contributed by atoms with Gasteiger partial charge in [-0.15, -0.1) is 0 Å². The monoisotopic (exact) mass is 482 g/mol. The molecule has 0 bridgehead atoms. The summed E-state index contributed by atoms with van der Waals surface area (Å²) in [6.07, 6.45) is 5.20. The van der Waals surface area contributed by atoms with Crippen LogP contribution in [0.3, 0.4) is 0 Å². The highest BCUT2D eigenvalue weighted by molar-refractivity contribution is 7.99. The second-order valence-electron chi connectivity index (χ2n) is 8.41. The van der Waals surface area contributed by atoms with E-state index >= 15 is 0 Å². The fourth-order valence-electron chi connectivity index (χ4n) is 3.98. The van der Waals surface area contributed by atoms with Crippen LogP contribution < -0.4 is 0 Å². The van der Waals surface area contributed by atoms with Crippen LogP contribution in [0, 0.1) is 10.1 Å². The second-order valence-corrected chi connectivity index (χ2v) is 9.49. The van der Waals surface area contributed by atoms with E-state index in [2.05, 4.69) is 13.8 Å². The Morgan fingerprint density at radius 1 is 1.21 bits per heavy atom. The largest absolute Gasteiger partial charge is 0.464 e. The number of likely N-dealkylation sites (tertiary alicyclic amines) is 1. The second kappa shape index (κ2) is 11.8. The number of carbonyl (C=O) groups excluding carboxylic acids is 2. The Labute approximate surface area is 204 Å². The molecule has 1 unspecified atom stereocenters. The Kier molecular flexibility index (Phi) is 8.87. The maximum Gasteiger partial charge on any atom is 0.328 e. The zero-order chi connectivity index (χ0) is 24.7. The fourth-order valence-corrected chi connectivity index (χ4v) is 5.16. The first-order chi connectivity index (χ1) is 16.3. The van der Waals surface area contributed by atoms with Crippen molar-refractivity contribution in [3.63, 3.8) is 0 Å². The Bertz CT molecular complexity index is 1080. The van der Waals surface area contributed by atoms with Gasteiger partial charge < -0.3 is 9.64 Å². The first kappa shape index (κ1) is 25.5. The fraction of sp³-hybridized carbons (Fsp3) is 0.385. The number of nitro benzene ring substituents is 1. The first-order valence-corrected chi connectivity index (χ1v) is 12.3. The topological polar surface area (TPSA) is 89.8 Å². The van der Waals surface area contributed by atoms with Crippen molar-refractivity contribution in [2.24, 2.45) is 0 Å². The molecule has 1 aliphatic heterocycles. The minimum Gasteiger partial charge on any atom is -0.464 e. The predicted molar refractivity (Wildman–Crippen MR) is 133 cm³/mol. The maximum atomic E-state index is 12.8. The summed E-state index contributed by atoms with van der Waals surface area (Å²) < 4.78 is 5.12. The van der Waals surface area contributed by atoms with Crippen LogP contribution in [0.15, 0.2) is 58.3 Å². The Morgan fingerprint density at radius 2 is 1.97 bits per heavy atom. The van der Waals surface area contributed by atoms with Gasteiger partial charge in [0.05, 0.1) is 16.4 Å². The minimum atomic E-state index is -0.583. The van der Waals surface area contributed by atoms with E-state index in [9.17, 15) is 19.7 Å². The van der Waals surface area contributed by atoms with Crippen molar-refractivity contribution in [3.05, 3.63) is 69.8 Å². The number of rotatable bonds is 8. The highest BCUT2D eigenvalue weighted by Crippen LogP contribution is 2.39. The molecule has 1 fully saturated rings. The van der Waals surface area contributed by atoms with Crippen molar-refractivity contribution in [2.75, 3.05) is 13.2 Å². The average Bonchev–Trinajstić information content (AvgIpc) is 2.83. The van der Waals surface area contributed by atoms with Crippen LogP contribution in [-0.2, 0) is 14.3 Å². The Hall–Kier alpha value is -3.13. The van der Waals surface area contributed by atoms with Gasteiger partial charge in [0.15, 0.2) is 0 Å². The highest BCUT2D eigenvalue weighted by Gasteiger charge is 2.32. The number of piperidine rings is 1. The van der Waals surface area contributed by atoms with E-state index in [0.29, 0.717) is 29.3 Å². The number of hydrogen-bond acceptors (Lipinski definition) is 6. The van der Waals surface area contributed by atoms with Crippen molar-refractivity contribution in [1.29, 1.82) is 0 Å². The van der Waals surface area contributed by atoms with E-state index in [-0.39, 0.29) is 24.2 Å². The van der Waals surface area contributed by atoms with E-state index in [4.69, 9.17) is 4.74 Å². The van der Waals surface area contributed by atoms with Gasteiger partial charge in [-0.1, -0.05) is 49.9 Å². The van der Waals surface area contributed by atoms with Crippen molar-refractivity contribution in [3.8, 4) is 0 Å². The summed E-state index contributed by atoms with van der Waals surface area (Å²) in [5, 5.41) is 11.8. The van der Waals surface area contributed by atoms with E-state index in [1.807, 2.05) is 24.3 Å². The van der Waals surface area contributed by atoms with Gasteiger partial charge in [-0.05, 0) is 61.4 Å². The van der Waals surface area contributed by atoms with Crippen LogP contribution >= 0.6 is 11.8 Å². The molecule has 8 heteroatoms. The normalized spacial score (nSPS) is 16.1. The molecule has 1 heterocycles. The molecule has 0 N–H and O–H groups in total. The van der Waals surface area contributed by atoms with E-state index in [1.54, 1.807) is 25.1 Å². The number of esters is 1. The summed E-state index contributed by atoms with van der Waals surface area (Å²) in [5.74, 6) is -0.392. The van der Waals surface area contributed by atoms with Crippen molar-refractivity contribution >= 4 is 35.4 Å². The molecule has 0 saturated carbocycles. The molecule has 180 valence electrons. The SMILES string of the molecule is CCOC(=O)C1CCCCN1C(=O)C=Cc1ccc(Sc2ccccc2C(C)C)c([N+](=O)[O-])c1. The van der Waals surface area contributed by atoms with Gasteiger partial charge in [-0.3, -0.25) is 14.9 Å². The van der Waals surface area contributed by atoms with Crippen LogP contribution in [0.1, 0.15) is 57.1 Å². The predicted octanol–water partition coefficient (Wildman–Crippen LogP) is 5.83. The number of nitro groups is 1. The van der Waals surface area contributed by atoms with E-state index in [1.165, 1.54) is 28.8 Å². The smallest absolute Gasteiger partial charge is 0.328 e. The summed E-state index contributed by atoms with van der Waals surface area (Å²) in [6.45, 7) is 6.67. The third kappa shape index (κ3) is 6.26. The highest BCUT2D eigenvalue weighted by atomic mass is 32.2. The molecule has 34 heavy (non-hydrogen) atoms. The molecule has 1 aliphatic rings. The van der Waals surface area contributed by atoms with Crippen LogP contribution in [0.2, 0.25) is 0 Å². The van der Waals surface area contributed by atoms with Crippen molar-refractivity contribution in [2.45, 2.75) is 61.8 Å². The number of carbonyl (C=O) groups is 2. The van der Waals surface area contributed by atoms with Gasteiger partial charge in [0, 0.05) is 23.6 Å². The first-order valence-electron chi connectivity index (χ1n) is 11.5.